The van der Waals surface area contributed by atoms with Crippen molar-refractivity contribution in [2.24, 2.45) is 0 Å². The average molecular weight is 244 g/mol. The van der Waals surface area contributed by atoms with E-state index in [9.17, 15) is 5.11 Å². The van der Waals surface area contributed by atoms with Crippen molar-refractivity contribution >= 4 is 0 Å². The van der Waals surface area contributed by atoms with Gasteiger partial charge in [0.15, 0.2) is 6.29 Å². The molecule has 2 aliphatic heterocycles. The number of hydrogen-bond donors (Lipinski definition) is 1. The number of hydrogen-bond acceptors (Lipinski definition) is 4. The lowest BCUT2D eigenvalue weighted by Crippen LogP contribution is -2.44. The lowest BCUT2D eigenvalue weighted by atomic mass is 10.0. The molecule has 1 N–H and O–H groups in total. The highest BCUT2D eigenvalue weighted by Gasteiger charge is 2.33. The third-order valence-electron chi connectivity index (χ3n) is 3.76. The molecule has 2 fully saturated rings. The number of rotatable bonds is 2. The molecule has 17 heavy (non-hydrogen) atoms. The third-order valence-corrected chi connectivity index (χ3v) is 3.76. The molecule has 4 nitrogen and oxygen atoms in total. The van der Waals surface area contributed by atoms with Gasteiger partial charge in [0.05, 0.1) is 30.5 Å². The molecule has 0 saturated carbocycles. The van der Waals surface area contributed by atoms with Crippen LogP contribution in [0.3, 0.4) is 0 Å². The van der Waals surface area contributed by atoms with E-state index in [0.717, 1.165) is 25.7 Å². The summed E-state index contributed by atoms with van der Waals surface area (Å²) in [5.41, 5.74) is 0. The van der Waals surface area contributed by atoms with E-state index < -0.39 is 0 Å². The number of aliphatic hydroxyl groups excluding tert-OH is 1. The standard InChI is InChI=1S/C13H24O4/c1-8-4-6-12(10(3)15-8)17-13-7-5-11(14)9(2)16-13/h8-14H,4-7H2,1-3H3/t8?,9?,10?,11-,12-,13?/m1/s1. The van der Waals surface area contributed by atoms with Crippen LogP contribution in [0.2, 0.25) is 0 Å². The molecule has 0 spiro atoms. The smallest absolute Gasteiger partial charge is 0.158 e. The van der Waals surface area contributed by atoms with Crippen LogP contribution in [0.5, 0.6) is 0 Å². The second-order valence-corrected chi connectivity index (χ2v) is 5.32. The number of aliphatic hydroxyl groups is 1. The average Bonchev–Trinajstić information content (AvgIpc) is 2.27. The molecule has 0 aliphatic carbocycles. The predicted molar refractivity (Wildman–Crippen MR) is 63.7 cm³/mol. The van der Waals surface area contributed by atoms with Crippen LogP contribution in [-0.2, 0) is 14.2 Å². The maximum Gasteiger partial charge on any atom is 0.158 e. The van der Waals surface area contributed by atoms with Gasteiger partial charge in [0.2, 0.25) is 0 Å². The summed E-state index contributed by atoms with van der Waals surface area (Å²) < 4.78 is 17.4. The summed E-state index contributed by atoms with van der Waals surface area (Å²) in [6.07, 6.45) is 3.51. The topological polar surface area (TPSA) is 47.9 Å². The Morgan fingerprint density at radius 1 is 0.941 bits per heavy atom. The van der Waals surface area contributed by atoms with Crippen molar-refractivity contribution < 1.29 is 19.3 Å². The Bertz CT molecular complexity index is 246. The first-order valence-corrected chi connectivity index (χ1v) is 6.70. The minimum atomic E-state index is -0.352. The van der Waals surface area contributed by atoms with E-state index in [0.29, 0.717) is 6.10 Å². The minimum Gasteiger partial charge on any atom is -0.390 e. The Balaban J connectivity index is 1.81. The van der Waals surface area contributed by atoms with Gasteiger partial charge in [-0.3, -0.25) is 0 Å². The van der Waals surface area contributed by atoms with E-state index in [1.54, 1.807) is 0 Å². The van der Waals surface area contributed by atoms with Crippen LogP contribution in [-0.4, -0.2) is 41.9 Å². The predicted octanol–water partition coefficient (Wildman–Crippen LogP) is 1.84. The molecule has 0 radical (unpaired) electrons. The molecule has 2 saturated heterocycles. The molecule has 4 heteroatoms. The maximum atomic E-state index is 9.58. The van der Waals surface area contributed by atoms with Gasteiger partial charge in [-0.1, -0.05) is 0 Å². The fraction of sp³-hybridized carbons (Fsp3) is 1.00. The molecule has 2 rings (SSSR count). The zero-order valence-electron chi connectivity index (χ0n) is 11.0. The van der Waals surface area contributed by atoms with Gasteiger partial charge in [-0.2, -0.15) is 0 Å². The molecular formula is C13H24O4. The first-order chi connectivity index (χ1) is 8.06. The normalized spacial score (nSPS) is 48.0. The van der Waals surface area contributed by atoms with Gasteiger partial charge in [-0.25, -0.2) is 0 Å². The summed E-state index contributed by atoms with van der Waals surface area (Å²) >= 11 is 0. The van der Waals surface area contributed by atoms with Crippen LogP contribution in [0, 0.1) is 0 Å². The zero-order chi connectivity index (χ0) is 12.4. The summed E-state index contributed by atoms with van der Waals surface area (Å²) in [4.78, 5) is 0. The van der Waals surface area contributed by atoms with Gasteiger partial charge in [0.1, 0.15) is 0 Å². The maximum absolute atomic E-state index is 9.58. The highest BCUT2D eigenvalue weighted by atomic mass is 16.7. The van der Waals surface area contributed by atoms with Crippen molar-refractivity contribution in [3.05, 3.63) is 0 Å². The molecule has 0 amide bonds. The quantitative estimate of drug-likeness (QED) is 0.805. The largest absolute Gasteiger partial charge is 0.390 e. The Morgan fingerprint density at radius 2 is 1.71 bits per heavy atom. The summed E-state index contributed by atoms with van der Waals surface area (Å²) in [5.74, 6) is 0. The molecule has 100 valence electrons. The molecule has 0 bridgehead atoms. The van der Waals surface area contributed by atoms with Gasteiger partial charge in [-0.15, -0.1) is 0 Å². The molecular weight excluding hydrogens is 220 g/mol. The van der Waals surface area contributed by atoms with Crippen LogP contribution >= 0.6 is 0 Å². The lowest BCUT2D eigenvalue weighted by molar-refractivity contribution is -0.259. The molecule has 0 aromatic heterocycles. The van der Waals surface area contributed by atoms with Crippen LogP contribution in [0.1, 0.15) is 46.5 Å². The Labute approximate surface area is 103 Å². The fourth-order valence-corrected chi connectivity index (χ4v) is 2.57. The molecule has 2 aliphatic rings. The van der Waals surface area contributed by atoms with Gasteiger partial charge in [-0.05, 0) is 40.0 Å². The van der Waals surface area contributed by atoms with Crippen molar-refractivity contribution in [2.75, 3.05) is 0 Å². The zero-order valence-corrected chi connectivity index (χ0v) is 11.0. The van der Waals surface area contributed by atoms with Gasteiger partial charge in [0, 0.05) is 6.42 Å². The van der Waals surface area contributed by atoms with Crippen LogP contribution in [0.4, 0.5) is 0 Å². The SMILES string of the molecule is CC1CC[C@@H](OC2CC[C@@H](O)C(C)O2)C(C)O1. The Kier molecular flexibility index (Phi) is 4.42. The molecule has 6 atom stereocenters. The van der Waals surface area contributed by atoms with Crippen molar-refractivity contribution in [1.29, 1.82) is 0 Å². The van der Waals surface area contributed by atoms with E-state index in [2.05, 4.69) is 13.8 Å². The van der Waals surface area contributed by atoms with Crippen molar-refractivity contribution in [2.45, 2.75) is 83.3 Å². The molecule has 0 aromatic rings. The second kappa shape index (κ2) is 5.65. The second-order valence-electron chi connectivity index (χ2n) is 5.32. The van der Waals surface area contributed by atoms with Gasteiger partial charge in [0.25, 0.3) is 0 Å². The van der Waals surface area contributed by atoms with Crippen molar-refractivity contribution in [3.8, 4) is 0 Å². The Morgan fingerprint density at radius 3 is 2.35 bits per heavy atom. The van der Waals surface area contributed by atoms with Crippen LogP contribution in [0.25, 0.3) is 0 Å². The summed E-state index contributed by atoms with van der Waals surface area (Å²) in [6, 6.07) is 0. The molecule has 4 unspecified atom stereocenters. The lowest BCUT2D eigenvalue weighted by Gasteiger charge is -2.38. The van der Waals surface area contributed by atoms with E-state index in [-0.39, 0.29) is 30.7 Å². The minimum absolute atomic E-state index is 0.124. The van der Waals surface area contributed by atoms with Crippen LogP contribution < -0.4 is 0 Å². The highest BCUT2D eigenvalue weighted by molar-refractivity contribution is 4.77. The monoisotopic (exact) mass is 244 g/mol. The first kappa shape index (κ1) is 13.3. The van der Waals surface area contributed by atoms with E-state index >= 15 is 0 Å². The van der Waals surface area contributed by atoms with Crippen molar-refractivity contribution in [1.82, 2.24) is 0 Å². The fourth-order valence-electron chi connectivity index (χ4n) is 2.57. The van der Waals surface area contributed by atoms with Crippen molar-refractivity contribution in [3.63, 3.8) is 0 Å². The molecule has 0 aromatic carbocycles. The number of ether oxygens (including phenoxy) is 3. The highest BCUT2D eigenvalue weighted by Crippen LogP contribution is 2.27. The van der Waals surface area contributed by atoms with E-state index in [1.807, 2.05) is 6.92 Å². The van der Waals surface area contributed by atoms with Crippen LogP contribution in [0.15, 0.2) is 0 Å². The van der Waals surface area contributed by atoms with E-state index in [4.69, 9.17) is 14.2 Å². The molecule has 2 heterocycles. The van der Waals surface area contributed by atoms with Gasteiger partial charge >= 0.3 is 0 Å². The first-order valence-electron chi connectivity index (χ1n) is 6.70. The Hall–Kier alpha value is -0.160. The third kappa shape index (κ3) is 3.41. The summed E-state index contributed by atoms with van der Waals surface area (Å²) in [7, 11) is 0. The van der Waals surface area contributed by atoms with Gasteiger partial charge < -0.3 is 19.3 Å². The van der Waals surface area contributed by atoms with E-state index in [1.165, 1.54) is 0 Å². The summed E-state index contributed by atoms with van der Waals surface area (Å²) in [5, 5.41) is 9.58. The summed E-state index contributed by atoms with van der Waals surface area (Å²) in [6.45, 7) is 6.05.